The predicted octanol–water partition coefficient (Wildman–Crippen LogP) is 3.37. The van der Waals surface area contributed by atoms with Crippen LogP contribution in [0.5, 0.6) is 0 Å². The number of nitrogens with two attached hydrogens (primary N) is 1. The van der Waals surface area contributed by atoms with E-state index in [4.69, 9.17) is 5.73 Å². The number of nitrogen functional groups attached to an aromatic ring is 1. The van der Waals surface area contributed by atoms with Crippen molar-refractivity contribution in [3.8, 4) is 0 Å². The van der Waals surface area contributed by atoms with Crippen LogP contribution in [-0.4, -0.2) is 17.4 Å². The summed E-state index contributed by atoms with van der Waals surface area (Å²) in [5.74, 6) is -0.0545. The monoisotopic (exact) mass is 283 g/mol. The van der Waals surface area contributed by atoms with Gasteiger partial charge in [-0.3, -0.25) is 4.79 Å². The highest BCUT2D eigenvalue weighted by Crippen LogP contribution is 2.20. The molecule has 0 fully saturated rings. The molecule has 1 aromatic carbocycles. The number of hydrogen-bond acceptors (Lipinski definition) is 2. The van der Waals surface area contributed by atoms with Gasteiger partial charge in [-0.2, -0.15) is 0 Å². The van der Waals surface area contributed by atoms with Gasteiger partial charge in [-0.05, 0) is 56.4 Å². The van der Waals surface area contributed by atoms with Crippen LogP contribution >= 0.6 is 0 Å². The second kappa shape index (κ2) is 6.04. The Morgan fingerprint density at radius 1 is 1.29 bits per heavy atom. The number of nitrogens with one attached hydrogen (secondary N) is 2. The van der Waals surface area contributed by atoms with E-state index in [0.717, 1.165) is 17.3 Å². The van der Waals surface area contributed by atoms with E-state index < -0.39 is 0 Å². The average molecular weight is 283 g/mol. The van der Waals surface area contributed by atoms with Crippen LogP contribution in [0.3, 0.4) is 0 Å². The number of allylic oxidation sites excluding steroid dienone is 1. The number of H-pyrrole nitrogens is 1. The molecule has 21 heavy (non-hydrogen) atoms. The van der Waals surface area contributed by atoms with Gasteiger partial charge in [0.2, 0.25) is 0 Å². The van der Waals surface area contributed by atoms with Crippen LogP contribution in [-0.2, 0) is 0 Å². The lowest BCUT2D eigenvalue weighted by atomic mass is 9.97. The van der Waals surface area contributed by atoms with Crippen molar-refractivity contribution >= 4 is 22.5 Å². The van der Waals surface area contributed by atoms with E-state index in [2.05, 4.69) is 16.4 Å². The minimum Gasteiger partial charge on any atom is -0.399 e. The molecule has 1 aliphatic rings. The first-order valence-corrected chi connectivity index (χ1v) is 7.57. The van der Waals surface area contributed by atoms with Crippen LogP contribution < -0.4 is 11.1 Å². The number of aromatic nitrogens is 1. The number of hydrogen-bond donors (Lipinski definition) is 3. The first-order chi connectivity index (χ1) is 10.2. The molecule has 4 heteroatoms. The molecule has 0 aliphatic heterocycles. The van der Waals surface area contributed by atoms with E-state index in [-0.39, 0.29) is 5.91 Å². The summed E-state index contributed by atoms with van der Waals surface area (Å²) in [5.41, 5.74) is 9.46. The Hall–Kier alpha value is -2.23. The standard InChI is InChI=1S/C17H21N3O/c18-14-6-7-15-13(10-14)11-16(20-15)17(21)19-9-8-12-4-2-1-3-5-12/h4,6-7,10-11,20H,1-3,5,8-9,18H2,(H,19,21). The van der Waals surface area contributed by atoms with Crippen molar-refractivity contribution < 1.29 is 4.79 Å². The minimum absolute atomic E-state index is 0.0545. The summed E-state index contributed by atoms with van der Waals surface area (Å²) in [6.07, 6.45) is 8.23. The van der Waals surface area contributed by atoms with Crippen molar-refractivity contribution in [3.05, 3.63) is 41.6 Å². The fourth-order valence-electron chi connectivity index (χ4n) is 2.84. The Kier molecular flexibility index (Phi) is 3.95. The van der Waals surface area contributed by atoms with Crippen LogP contribution in [0, 0.1) is 0 Å². The highest BCUT2D eigenvalue weighted by Gasteiger charge is 2.10. The van der Waals surface area contributed by atoms with Gasteiger partial charge in [-0.15, -0.1) is 0 Å². The van der Waals surface area contributed by atoms with Crippen molar-refractivity contribution in [1.29, 1.82) is 0 Å². The van der Waals surface area contributed by atoms with Crippen LogP contribution in [0.25, 0.3) is 10.9 Å². The number of aromatic amines is 1. The highest BCUT2D eigenvalue weighted by molar-refractivity contribution is 5.98. The van der Waals surface area contributed by atoms with E-state index in [9.17, 15) is 4.79 Å². The van der Waals surface area contributed by atoms with E-state index in [1.807, 2.05) is 24.3 Å². The molecular weight excluding hydrogens is 262 g/mol. The second-order valence-corrected chi connectivity index (χ2v) is 5.64. The lowest BCUT2D eigenvalue weighted by Gasteiger charge is -2.12. The molecule has 0 atom stereocenters. The number of amides is 1. The van der Waals surface area contributed by atoms with Crippen molar-refractivity contribution in [3.63, 3.8) is 0 Å². The predicted molar refractivity (Wildman–Crippen MR) is 86.2 cm³/mol. The smallest absolute Gasteiger partial charge is 0.267 e. The molecule has 0 saturated heterocycles. The normalized spacial score (nSPS) is 15.0. The maximum Gasteiger partial charge on any atom is 0.267 e. The molecule has 1 aliphatic carbocycles. The van der Waals surface area contributed by atoms with Gasteiger partial charge < -0.3 is 16.0 Å². The topological polar surface area (TPSA) is 70.9 Å². The van der Waals surface area contributed by atoms with Gasteiger partial charge in [0.25, 0.3) is 5.91 Å². The summed E-state index contributed by atoms with van der Waals surface area (Å²) in [4.78, 5) is 15.3. The zero-order chi connectivity index (χ0) is 14.7. The fraction of sp³-hybridized carbons (Fsp3) is 0.353. The molecule has 2 aromatic rings. The molecular formula is C17H21N3O. The molecule has 3 rings (SSSR count). The highest BCUT2D eigenvalue weighted by atomic mass is 16.1. The zero-order valence-electron chi connectivity index (χ0n) is 12.1. The third kappa shape index (κ3) is 3.27. The van der Waals surface area contributed by atoms with Gasteiger partial charge in [0, 0.05) is 23.1 Å². The minimum atomic E-state index is -0.0545. The summed E-state index contributed by atoms with van der Waals surface area (Å²) in [7, 11) is 0. The van der Waals surface area contributed by atoms with E-state index in [1.165, 1.54) is 31.3 Å². The number of carbonyl (C=O) groups is 1. The van der Waals surface area contributed by atoms with Crippen molar-refractivity contribution in [1.82, 2.24) is 10.3 Å². The third-order valence-electron chi connectivity index (χ3n) is 4.01. The lowest BCUT2D eigenvalue weighted by Crippen LogP contribution is -2.25. The Morgan fingerprint density at radius 2 is 2.19 bits per heavy atom. The summed E-state index contributed by atoms with van der Waals surface area (Å²) in [5, 5.41) is 3.95. The molecule has 1 aromatic heterocycles. The van der Waals surface area contributed by atoms with Gasteiger partial charge in [0.15, 0.2) is 0 Å². The number of fused-ring (bicyclic) bond motifs is 1. The van der Waals surface area contributed by atoms with E-state index >= 15 is 0 Å². The quantitative estimate of drug-likeness (QED) is 0.594. The van der Waals surface area contributed by atoms with E-state index in [1.54, 1.807) is 0 Å². The van der Waals surface area contributed by atoms with Gasteiger partial charge in [-0.1, -0.05) is 11.6 Å². The van der Waals surface area contributed by atoms with Crippen LogP contribution in [0.1, 0.15) is 42.6 Å². The van der Waals surface area contributed by atoms with Gasteiger partial charge in [-0.25, -0.2) is 0 Å². The molecule has 4 N–H and O–H groups in total. The van der Waals surface area contributed by atoms with Crippen LogP contribution in [0.4, 0.5) is 5.69 Å². The molecule has 1 heterocycles. The average Bonchev–Trinajstić information content (AvgIpc) is 2.91. The molecule has 0 saturated carbocycles. The Balaban J connectivity index is 1.60. The first kappa shape index (κ1) is 13.7. The van der Waals surface area contributed by atoms with Gasteiger partial charge in [0.05, 0.1) is 0 Å². The van der Waals surface area contributed by atoms with Gasteiger partial charge in [0.1, 0.15) is 5.69 Å². The third-order valence-corrected chi connectivity index (χ3v) is 4.01. The summed E-state index contributed by atoms with van der Waals surface area (Å²) in [6, 6.07) is 7.45. The van der Waals surface area contributed by atoms with E-state index in [0.29, 0.717) is 17.9 Å². The number of carbonyl (C=O) groups excluding carboxylic acids is 1. The summed E-state index contributed by atoms with van der Waals surface area (Å²) < 4.78 is 0. The van der Waals surface area contributed by atoms with Gasteiger partial charge >= 0.3 is 0 Å². The largest absolute Gasteiger partial charge is 0.399 e. The number of anilines is 1. The molecule has 0 radical (unpaired) electrons. The van der Waals surface area contributed by atoms with Crippen molar-refractivity contribution in [2.75, 3.05) is 12.3 Å². The maximum absolute atomic E-state index is 12.1. The first-order valence-electron chi connectivity index (χ1n) is 7.57. The molecule has 110 valence electrons. The van der Waals surface area contributed by atoms with Crippen molar-refractivity contribution in [2.24, 2.45) is 0 Å². The summed E-state index contributed by atoms with van der Waals surface area (Å²) in [6.45, 7) is 0.697. The lowest BCUT2D eigenvalue weighted by molar-refractivity contribution is 0.0950. The molecule has 0 spiro atoms. The zero-order valence-corrected chi connectivity index (χ0v) is 12.1. The Bertz CT molecular complexity index is 684. The fourth-order valence-corrected chi connectivity index (χ4v) is 2.84. The van der Waals surface area contributed by atoms with Crippen LogP contribution in [0.15, 0.2) is 35.9 Å². The number of benzene rings is 1. The summed E-state index contributed by atoms with van der Waals surface area (Å²) >= 11 is 0. The Morgan fingerprint density at radius 3 is 3.00 bits per heavy atom. The SMILES string of the molecule is Nc1ccc2[nH]c(C(=O)NCCC3=CCCCC3)cc2c1. The molecule has 1 amide bonds. The molecule has 4 nitrogen and oxygen atoms in total. The maximum atomic E-state index is 12.1. The Labute approximate surface area is 124 Å². The number of rotatable bonds is 4. The van der Waals surface area contributed by atoms with Crippen LogP contribution in [0.2, 0.25) is 0 Å². The molecule has 0 bridgehead atoms. The van der Waals surface area contributed by atoms with Crippen molar-refractivity contribution in [2.45, 2.75) is 32.1 Å². The second-order valence-electron chi connectivity index (χ2n) is 5.64. The molecule has 0 unspecified atom stereocenters.